The Morgan fingerprint density at radius 1 is 1.41 bits per heavy atom. The molecule has 1 unspecified atom stereocenters. The molecule has 2 rings (SSSR count). The Hall–Kier alpha value is -1.81. The second-order valence-corrected chi connectivity index (χ2v) is 4.12. The fourth-order valence-electron chi connectivity index (χ4n) is 1.64. The lowest BCUT2D eigenvalue weighted by molar-refractivity contribution is -0.116. The third-order valence-corrected chi connectivity index (χ3v) is 2.72. The molecule has 0 spiro atoms. The lowest BCUT2D eigenvalue weighted by atomic mass is 10.2. The number of anilines is 1. The highest BCUT2D eigenvalue weighted by atomic mass is 16.3. The topological polar surface area (TPSA) is 54.3 Å². The first-order chi connectivity index (χ1) is 8.19. The van der Waals surface area contributed by atoms with E-state index in [1.165, 1.54) is 0 Å². The minimum absolute atomic E-state index is 0.00898. The molecule has 0 aliphatic rings. The molecule has 0 aliphatic carbocycles. The fraction of sp³-hybridized carbons (Fsp3) is 0.308. The van der Waals surface area contributed by atoms with Gasteiger partial charge in [-0.15, -0.1) is 0 Å². The van der Waals surface area contributed by atoms with Crippen molar-refractivity contribution in [2.75, 3.05) is 12.4 Å². The maximum atomic E-state index is 11.7. The van der Waals surface area contributed by atoms with E-state index in [-0.39, 0.29) is 11.9 Å². The summed E-state index contributed by atoms with van der Waals surface area (Å²) in [5, 5.41) is 6.89. The van der Waals surface area contributed by atoms with Crippen molar-refractivity contribution in [3.63, 3.8) is 0 Å². The molecule has 1 heterocycles. The van der Waals surface area contributed by atoms with Gasteiger partial charge in [0.1, 0.15) is 5.58 Å². The quantitative estimate of drug-likeness (QED) is 0.850. The van der Waals surface area contributed by atoms with E-state index in [1.54, 1.807) is 6.26 Å². The number of benzene rings is 1. The number of amides is 1. The van der Waals surface area contributed by atoms with Crippen molar-refractivity contribution in [1.29, 1.82) is 0 Å². The normalized spacial score (nSPS) is 12.6. The minimum atomic E-state index is 0.00898. The summed E-state index contributed by atoms with van der Waals surface area (Å²) in [4.78, 5) is 11.7. The predicted molar refractivity (Wildman–Crippen MR) is 68.0 cm³/mol. The number of furan rings is 1. The van der Waals surface area contributed by atoms with Gasteiger partial charge >= 0.3 is 0 Å². The first-order valence-corrected chi connectivity index (χ1v) is 5.63. The van der Waals surface area contributed by atoms with Crippen molar-refractivity contribution >= 4 is 22.6 Å². The van der Waals surface area contributed by atoms with Crippen LogP contribution in [0.5, 0.6) is 0 Å². The van der Waals surface area contributed by atoms with Gasteiger partial charge in [0.2, 0.25) is 5.91 Å². The second-order valence-electron chi connectivity index (χ2n) is 4.12. The highest BCUT2D eigenvalue weighted by Gasteiger charge is 2.07. The standard InChI is InChI=1S/C13H16N2O2/c1-9(14-2)7-13(16)15-11-3-4-12-10(8-11)5-6-17-12/h3-6,8-9,14H,7H2,1-2H3,(H,15,16). The van der Waals surface area contributed by atoms with E-state index >= 15 is 0 Å². The molecule has 2 N–H and O–H groups in total. The van der Waals surface area contributed by atoms with Gasteiger partial charge in [0.15, 0.2) is 0 Å². The number of carbonyl (C=O) groups excluding carboxylic acids is 1. The molecule has 1 aromatic heterocycles. The summed E-state index contributed by atoms with van der Waals surface area (Å²) < 4.78 is 5.24. The van der Waals surface area contributed by atoms with Crippen LogP contribution in [0.1, 0.15) is 13.3 Å². The molecule has 0 saturated heterocycles. The van der Waals surface area contributed by atoms with Gasteiger partial charge in [-0.2, -0.15) is 0 Å². The molecule has 0 fully saturated rings. The lowest BCUT2D eigenvalue weighted by Gasteiger charge is -2.10. The van der Waals surface area contributed by atoms with Gasteiger partial charge in [0, 0.05) is 23.5 Å². The van der Waals surface area contributed by atoms with Crippen LogP contribution in [0, 0.1) is 0 Å². The minimum Gasteiger partial charge on any atom is -0.464 e. The molecule has 0 radical (unpaired) electrons. The maximum Gasteiger partial charge on any atom is 0.225 e. The van der Waals surface area contributed by atoms with E-state index < -0.39 is 0 Å². The molecule has 1 amide bonds. The number of nitrogens with one attached hydrogen (secondary N) is 2. The van der Waals surface area contributed by atoms with E-state index in [0.717, 1.165) is 16.7 Å². The van der Waals surface area contributed by atoms with Crippen LogP contribution in [0.3, 0.4) is 0 Å². The van der Waals surface area contributed by atoms with Gasteiger partial charge in [-0.1, -0.05) is 0 Å². The van der Waals surface area contributed by atoms with E-state index in [1.807, 2.05) is 38.2 Å². The predicted octanol–water partition coefficient (Wildman–Crippen LogP) is 2.37. The van der Waals surface area contributed by atoms with Crippen LogP contribution in [0.15, 0.2) is 34.9 Å². The van der Waals surface area contributed by atoms with Crippen molar-refractivity contribution in [2.45, 2.75) is 19.4 Å². The van der Waals surface area contributed by atoms with Crippen LogP contribution in [-0.2, 0) is 4.79 Å². The average molecular weight is 232 g/mol. The first-order valence-electron chi connectivity index (χ1n) is 5.63. The number of rotatable bonds is 4. The summed E-state index contributed by atoms with van der Waals surface area (Å²) >= 11 is 0. The summed E-state index contributed by atoms with van der Waals surface area (Å²) in [5.41, 5.74) is 1.62. The molecular weight excluding hydrogens is 216 g/mol. The first kappa shape index (κ1) is 11.7. The lowest BCUT2D eigenvalue weighted by Crippen LogP contribution is -2.27. The van der Waals surface area contributed by atoms with Crippen molar-refractivity contribution in [2.24, 2.45) is 0 Å². The van der Waals surface area contributed by atoms with E-state index in [2.05, 4.69) is 10.6 Å². The van der Waals surface area contributed by atoms with Crippen molar-refractivity contribution in [3.8, 4) is 0 Å². The SMILES string of the molecule is CNC(C)CC(=O)Nc1ccc2occc2c1. The molecule has 1 aromatic carbocycles. The molecule has 17 heavy (non-hydrogen) atoms. The van der Waals surface area contributed by atoms with Gasteiger partial charge < -0.3 is 15.1 Å². The molecule has 0 bridgehead atoms. The Labute approximate surface area is 100.0 Å². The van der Waals surface area contributed by atoms with Crippen LogP contribution in [0.25, 0.3) is 11.0 Å². The molecule has 0 aliphatic heterocycles. The summed E-state index contributed by atoms with van der Waals surface area (Å²) in [6, 6.07) is 7.65. The van der Waals surface area contributed by atoms with Crippen molar-refractivity contribution in [1.82, 2.24) is 5.32 Å². The molecule has 90 valence electrons. The summed E-state index contributed by atoms with van der Waals surface area (Å²) in [6.07, 6.45) is 2.10. The van der Waals surface area contributed by atoms with Gasteiger partial charge in [-0.3, -0.25) is 4.79 Å². The molecule has 4 nitrogen and oxygen atoms in total. The molecule has 2 aromatic rings. The molecule has 1 atom stereocenters. The Balaban J connectivity index is 2.05. The largest absolute Gasteiger partial charge is 0.464 e. The van der Waals surface area contributed by atoms with E-state index in [0.29, 0.717) is 6.42 Å². The molecular formula is C13H16N2O2. The van der Waals surface area contributed by atoms with E-state index in [4.69, 9.17) is 4.42 Å². The Bertz CT molecular complexity index is 519. The van der Waals surface area contributed by atoms with Crippen LogP contribution < -0.4 is 10.6 Å². The van der Waals surface area contributed by atoms with Crippen LogP contribution in [0.2, 0.25) is 0 Å². The highest BCUT2D eigenvalue weighted by molar-refractivity contribution is 5.93. The Kier molecular flexibility index (Phi) is 3.44. The van der Waals surface area contributed by atoms with Gasteiger partial charge in [-0.05, 0) is 38.2 Å². The highest BCUT2D eigenvalue weighted by Crippen LogP contribution is 2.20. The maximum absolute atomic E-state index is 11.7. The van der Waals surface area contributed by atoms with Crippen LogP contribution in [-0.4, -0.2) is 19.0 Å². The smallest absolute Gasteiger partial charge is 0.225 e. The van der Waals surface area contributed by atoms with Crippen molar-refractivity contribution in [3.05, 3.63) is 30.5 Å². The second kappa shape index (κ2) is 5.01. The number of carbonyl (C=O) groups is 1. The van der Waals surface area contributed by atoms with E-state index in [9.17, 15) is 4.79 Å². The number of hydrogen-bond donors (Lipinski definition) is 2. The average Bonchev–Trinajstić information content (AvgIpc) is 2.75. The number of fused-ring (bicyclic) bond motifs is 1. The van der Waals surface area contributed by atoms with Gasteiger partial charge in [0.25, 0.3) is 0 Å². The summed E-state index contributed by atoms with van der Waals surface area (Å²) in [5.74, 6) is 0.00898. The monoisotopic (exact) mass is 232 g/mol. The van der Waals surface area contributed by atoms with Crippen LogP contribution in [0.4, 0.5) is 5.69 Å². The zero-order chi connectivity index (χ0) is 12.3. The zero-order valence-corrected chi connectivity index (χ0v) is 9.99. The van der Waals surface area contributed by atoms with Crippen LogP contribution >= 0.6 is 0 Å². The third kappa shape index (κ3) is 2.85. The number of hydrogen-bond acceptors (Lipinski definition) is 3. The zero-order valence-electron chi connectivity index (χ0n) is 9.99. The summed E-state index contributed by atoms with van der Waals surface area (Å²) in [7, 11) is 1.84. The Morgan fingerprint density at radius 3 is 3.00 bits per heavy atom. The molecule has 0 saturated carbocycles. The molecule has 4 heteroatoms. The Morgan fingerprint density at radius 2 is 2.24 bits per heavy atom. The van der Waals surface area contributed by atoms with Gasteiger partial charge in [0.05, 0.1) is 6.26 Å². The van der Waals surface area contributed by atoms with Gasteiger partial charge in [-0.25, -0.2) is 0 Å². The fourth-order valence-corrected chi connectivity index (χ4v) is 1.64. The summed E-state index contributed by atoms with van der Waals surface area (Å²) in [6.45, 7) is 1.97. The van der Waals surface area contributed by atoms with Crippen molar-refractivity contribution < 1.29 is 9.21 Å². The third-order valence-electron chi connectivity index (χ3n) is 2.72.